The van der Waals surface area contributed by atoms with E-state index in [1.54, 1.807) is 6.92 Å². The molecule has 1 heterocycles. The van der Waals surface area contributed by atoms with Gasteiger partial charge in [0, 0.05) is 6.92 Å². The summed E-state index contributed by atoms with van der Waals surface area (Å²) in [5.74, 6) is 1.70. The molecule has 6 nitrogen and oxygen atoms in total. The number of rotatable bonds is 6. The third kappa shape index (κ3) is 3.26. The van der Waals surface area contributed by atoms with Gasteiger partial charge in [0.2, 0.25) is 11.8 Å². The summed E-state index contributed by atoms with van der Waals surface area (Å²) < 4.78 is 10.7. The molecule has 1 N–H and O–H groups in total. The van der Waals surface area contributed by atoms with E-state index in [0.29, 0.717) is 24.2 Å². The molecular formula is C15H23N3O3. The minimum absolute atomic E-state index is 0.0833. The molecule has 0 aromatic carbocycles. The van der Waals surface area contributed by atoms with Gasteiger partial charge in [-0.3, -0.25) is 4.79 Å². The van der Waals surface area contributed by atoms with Crippen LogP contribution in [0.15, 0.2) is 4.52 Å². The fraction of sp³-hybridized carbons (Fsp3) is 0.800. The maximum absolute atomic E-state index is 12.4. The maximum Gasteiger partial charge on any atom is 0.249 e. The first kappa shape index (κ1) is 14.5. The molecule has 1 aromatic heterocycles. The molecule has 0 radical (unpaired) electrons. The number of nitrogens with zero attached hydrogens (tertiary/aromatic N) is 2. The Balaban J connectivity index is 1.65. The van der Waals surface area contributed by atoms with E-state index in [2.05, 4.69) is 15.5 Å². The van der Waals surface area contributed by atoms with Crippen LogP contribution in [0, 0.1) is 12.8 Å². The van der Waals surface area contributed by atoms with Crippen LogP contribution in [0.4, 0.5) is 0 Å². The predicted octanol–water partition coefficient (Wildman–Crippen LogP) is 2.08. The van der Waals surface area contributed by atoms with Crippen LogP contribution in [-0.4, -0.2) is 28.8 Å². The van der Waals surface area contributed by atoms with Crippen molar-refractivity contribution in [2.24, 2.45) is 5.92 Å². The largest absolute Gasteiger partial charge is 0.368 e. The van der Waals surface area contributed by atoms with Crippen molar-refractivity contribution in [3.63, 3.8) is 0 Å². The zero-order valence-electron chi connectivity index (χ0n) is 12.7. The van der Waals surface area contributed by atoms with E-state index in [-0.39, 0.29) is 5.91 Å². The highest BCUT2D eigenvalue weighted by molar-refractivity contribution is 5.81. The molecule has 2 fully saturated rings. The summed E-state index contributed by atoms with van der Waals surface area (Å²) in [5, 5.41) is 7.14. The van der Waals surface area contributed by atoms with E-state index in [9.17, 15) is 4.79 Å². The van der Waals surface area contributed by atoms with Crippen LogP contribution in [0.3, 0.4) is 0 Å². The summed E-state index contributed by atoms with van der Waals surface area (Å²) in [7, 11) is 0. The molecule has 1 atom stereocenters. The third-order valence-electron chi connectivity index (χ3n) is 4.42. The number of carbonyl (C=O) groups is 1. The Kier molecular flexibility index (Phi) is 3.97. The Morgan fingerprint density at radius 2 is 2.19 bits per heavy atom. The van der Waals surface area contributed by atoms with Gasteiger partial charge in [-0.1, -0.05) is 18.0 Å². The molecule has 116 valence electrons. The van der Waals surface area contributed by atoms with Gasteiger partial charge in [-0.15, -0.1) is 0 Å². The summed E-state index contributed by atoms with van der Waals surface area (Å²) in [6.45, 7) is 4.26. The lowest BCUT2D eigenvalue weighted by Crippen LogP contribution is -2.48. The lowest BCUT2D eigenvalue weighted by molar-refractivity contribution is -0.134. The number of amides is 1. The minimum atomic E-state index is -0.480. The maximum atomic E-state index is 12.4. The van der Waals surface area contributed by atoms with Gasteiger partial charge in [-0.05, 0) is 38.5 Å². The first-order valence-corrected chi connectivity index (χ1v) is 7.83. The lowest BCUT2D eigenvalue weighted by atomic mass is 9.96. The Hall–Kier alpha value is -1.43. The van der Waals surface area contributed by atoms with Crippen LogP contribution >= 0.6 is 0 Å². The molecule has 2 aliphatic carbocycles. The normalized spacial score (nSPS) is 22.2. The number of hydrogen-bond acceptors (Lipinski definition) is 5. The molecule has 0 bridgehead atoms. The van der Waals surface area contributed by atoms with Crippen molar-refractivity contribution >= 4 is 5.91 Å². The summed E-state index contributed by atoms with van der Waals surface area (Å²) in [6, 6.07) is 0. The second-order valence-corrected chi connectivity index (χ2v) is 6.33. The van der Waals surface area contributed by atoms with Crippen LogP contribution < -0.4 is 5.32 Å². The molecule has 3 rings (SSSR count). The van der Waals surface area contributed by atoms with E-state index < -0.39 is 11.6 Å². The van der Waals surface area contributed by atoms with Crippen molar-refractivity contribution in [1.29, 1.82) is 0 Å². The number of nitrogens with one attached hydrogen (secondary N) is 1. The zero-order valence-corrected chi connectivity index (χ0v) is 12.7. The fourth-order valence-corrected chi connectivity index (χ4v) is 2.85. The highest BCUT2D eigenvalue weighted by Crippen LogP contribution is 2.37. The summed E-state index contributed by atoms with van der Waals surface area (Å²) in [5.41, 5.74) is -0.480. The SMILES string of the molecule is Cc1nc(C2(NC(=O)C(C)OCC3CC3)CCCC2)no1. The highest BCUT2D eigenvalue weighted by atomic mass is 16.5. The average molecular weight is 293 g/mol. The van der Waals surface area contributed by atoms with E-state index in [1.165, 1.54) is 12.8 Å². The van der Waals surface area contributed by atoms with E-state index >= 15 is 0 Å². The van der Waals surface area contributed by atoms with E-state index in [4.69, 9.17) is 9.26 Å². The topological polar surface area (TPSA) is 77.2 Å². The molecule has 1 aromatic rings. The standard InChI is InChI=1S/C15H23N3O3/c1-10(20-9-12-5-6-12)13(19)17-15(7-3-4-8-15)14-16-11(2)21-18-14/h10,12H,3-9H2,1-2H3,(H,17,19). The Morgan fingerprint density at radius 1 is 1.48 bits per heavy atom. The molecule has 2 saturated carbocycles. The van der Waals surface area contributed by atoms with Crippen molar-refractivity contribution < 1.29 is 14.1 Å². The van der Waals surface area contributed by atoms with Crippen molar-refractivity contribution in [3.8, 4) is 0 Å². The monoisotopic (exact) mass is 293 g/mol. The van der Waals surface area contributed by atoms with Gasteiger partial charge < -0.3 is 14.6 Å². The molecule has 0 saturated heterocycles. The van der Waals surface area contributed by atoms with Gasteiger partial charge in [0.1, 0.15) is 11.6 Å². The van der Waals surface area contributed by atoms with Gasteiger partial charge in [0.15, 0.2) is 5.82 Å². The van der Waals surface area contributed by atoms with Crippen molar-refractivity contribution in [2.75, 3.05) is 6.61 Å². The Bertz CT molecular complexity index is 504. The molecular weight excluding hydrogens is 270 g/mol. The number of aromatic nitrogens is 2. The summed E-state index contributed by atoms with van der Waals surface area (Å²) in [6.07, 6.45) is 5.84. The molecule has 1 unspecified atom stereocenters. The van der Waals surface area contributed by atoms with Crippen molar-refractivity contribution in [3.05, 3.63) is 11.7 Å². The Morgan fingerprint density at radius 3 is 2.76 bits per heavy atom. The second kappa shape index (κ2) is 5.75. The average Bonchev–Trinajstić information content (AvgIpc) is 2.99. The summed E-state index contributed by atoms with van der Waals surface area (Å²) >= 11 is 0. The second-order valence-electron chi connectivity index (χ2n) is 6.33. The number of carbonyl (C=O) groups excluding carboxylic acids is 1. The minimum Gasteiger partial charge on any atom is -0.368 e. The van der Waals surface area contributed by atoms with Crippen molar-refractivity contribution in [2.45, 2.75) is 64.0 Å². The molecule has 2 aliphatic rings. The quantitative estimate of drug-likeness (QED) is 0.869. The van der Waals surface area contributed by atoms with Crippen molar-refractivity contribution in [1.82, 2.24) is 15.5 Å². The van der Waals surface area contributed by atoms with Crippen LogP contribution in [0.1, 0.15) is 57.2 Å². The first-order chi connectivity index (χ1) is 10.1. The van der Waals surface area contributed by atoms with Crippen LogP contribution in [0.5, 0.6) is 0 Å². The molecule has 0 spiro atoms. The number of ether oxygens (including phenoxy) is 1. The first-order valence-electron chi connectivity index (χ1n) is 7.83. The summed E-state index contributed by atoms with van der Waals surface area (Å²) in [4.78, 5) is 16.7. The molecule has 21 heavy (non-hydrogen) atoms. The van der Waals surface area contributed by atoms with Crippen LogP contribution in [-0.2, 0) is 15.1 Å². The van der Waals surface area contributed by atoms with E-state index in [0.717, 1.165) is 25.7 Å². The highest BCUT2D eigenvalue weighted by Gasteiger charge is 2.42. The van der Waals surface area contributed by atoms with Crippen LogP contribution in [0.2, 0.25) is 0 Å². The van der Waals surface area contributed by atoms with Gasteiger partial charge in [0.05, 0.1) is 6.61 Å². The van der Waals surface area contributed by atoms with Gasteiger partial charge in [-0.2, -0.15) is 4.98 Å². The molecule has 0 aliphatic heterocycles. The van der Waals surface area contributed by atoms with Gasteiger partial charge in [0.25, 0.3) is 0 Å². The predicted molar refractivity (Wildman–Crippen MR) is 75.5 cm³/mol. The van der Waals surface area contributed by atoms with Gasteiger partial charge in [-0.25, -0.2) is 0 Å². The lowest BCUT2D eigenvalue weighted by Gasteiger charge is -2.28. The fourth-order valence-electron chi connectivity index (χ4n) is 2.85. The molecule has 6 heteroatoms. The smallest absolute Gasteiger partial charge is 0.249 e. The Labute approximate surface area is 124 Å². The zero-order chi connectivity index (χ0) is 14.9. The van der Waals surface area contributed by atoms with E-state index in [1.807, 2.05) is 6.92 Å². The van der Waals surface area contributed by atoms with Crippen LogP contribution in [0.25, 0.3) is 0 Å². The number of hydrogen-bond donors (Lipinski definition) is 1. The number of aryl methyl sites for hydroxylation is 1. The van der Waals surface area contributed by atoms with Gasteiger partial charge >= 0.3 is 0 Å². The third-order valence-corrected chi connectivity index (χ3v) is 4.42. The molecule has 1 amide bonds.